The van der Waals surface area contributed by atoms with E-state index in [9.17, 15) is 14.4 Å². The number of carbonyl (C=O) groups is 3. The highest BCUT2D eigenvalue weighted by atomic mass is 16.2. The molecule has 5 rings (SSSR count). The molecule has 0 saturated heterocycles. The van der Waals surface area contributed by atoms with Crippen molar-refractivity contribution >= 4 is 17.7 Å². The van der Waals surface area contributed by atoms with Gasteiger partial charge in [-0.15, -0.1) is 0 Å². The summed E-state index contributed by atoms with van der Waals surface area (Å²) >= 11 is 0. The third kappa shape index (κ3) is 9.30. The van der Waals surface area contributed by atoms with Gasteiger partial charge < -0.3 is 20.9 Å². The van der Waals surface area contributed by atoms with Crippen molar-refractivity contribution < 1.29 is 14.4 Å². The number of nitrogens with two attached hydrogens (primary N) is 1. The van der Waals surface area contributed by atoms with Crippen LogP contribution in [0.2, 0.25) is 0 Å². The Bertz CT molecular complexity index is 1810. The summed E-state index contributed by atoms with van der Waals surface area (Å²) in [6.45, 7) is 0.730. The summed E-state index contributed by atoms with van der Waals surface area (Å²) in [4.78, 5) is 45.4. The van der Waals surface area contributed by atoms with Gasteiger partial charge in [0.05, 0.1) is 0 Å². The summed E-state index contributed by atoms with van der Waals surface area (Å²) in [5.41, 5.74) is 12.2. The van der Waals surface area contributed by atoms with Crippen LogP contribution in [0.3, 0.4) is 0 Å². The van der Waals surface area contributed by atoms with Crippen LogP contribution in [0.1, 0.15) is 32.6 Å². The average molecular weight is 653 g/mol. The first kappa shape index (κ1) is 34.8. The van der Waals surface area contributed by atoms with Crippen molar-refractivity contribution in [3.8, 4) is 11.1 Å². The van der Waals surface area contributed by atoms with Crippen LogP contribution in [-0.4, -0.2) is 60.2 Å². The molecule has 0 aliphatic rings. The molecule has 0 spiro atoms. The number of rotatable bonds is 14. The van der Waals surface area contributed by atoms with Crippen LogP contribution in [0.5, 0.6) is 0 Å². The SMILES string of the molecule is CN(C(=O)c1cccc(CN)c1)C(Cc1ccc(-c2ccccc2)cc1)C(=O)N(C)C(Cc1ccccc1)C(=O)NCCc1ccccc1. The maximum atomic E-state index is 14.6. The fourth-order valence-electron chi connectivity index (χ4n) is 5.98. The quantitative estimate of drug-likeness (QED) is 0.156. The molecule has 0 aliphatic heterocycles. The van der Waals surface area contributed by atoms with E-state index in [-0.39, 0.29) is 24.1 Å². The van der Waals surface area contributed by atoms with E-state index in [1.54, 1.807) is 32.3 Å². The van der Waals surface area contributed by atoms with Gasteiger partial charge >= 0.3 is 0 Å². The van der Waals surface area contributed by atoms with Gasteiger partial charge in [0.1, 0.15) is 12.1 Å². The molecule has 2 unspecified atom stereocenters. The fraction of sp³-hybridized carbons (Fsp3) is 0.214. The van der Waals surface area contributed by atoms with Crippen molar-refractivity contribution in [2.75, 3.05) is 20.6 Å². The second kappa shape index (κ2) is 17.0. The standard InChI is InChI=1S/C42H44N4O3/c1-45(38(28-32-15-8-4-9-16-32)40(47)44-26-25-31-13-6-3-7-14-31)42(49)39(46(2)41(48)37-20-12-17-34(27-37)30-43)29-33-21-23-36(24-22-33)35-18-10-5-11-19-35/h3-24,27,38-39H,25-26,28-30,43H2,1-2H3,(H,44,47). The Morgan fingerprint density at radius 2 is 1.12 bits per heavy atom. The van der Waals surface area contributed by atoms with Crippen LogP contribution >= 0.6 is 0 Å². The Kier molecular flexibility index (Phi) is 12.1. The Morgan fingerprint density at radius 1 is 0.592 bits per heavy atom. The fourth-order valence-corrected chi connectivity index (χ4v) is 5.98. The molecular formula is C42H44N4O3. The van der Waals surface area contributed by atoms with Crippen molar-refractivity contribution in [1.82, 2.24) is 15.1 Å². The molecule has 0 aliphatic carbocycles. The van der Waals surface area contributed by atoms with Gasteiger partial charge in [-0.1, -0.05) is 127 Å². The maximum Gasteiger partial charge on any atom is 0.254 e. The summed E-state index contributed by atoms with van der Waals surface area (Å²) in [6.07, 6.45) is 1.27. The second-order valence-corrected chi connectivity index (χ2v) is 12.3. The predicted molar refractivity (Wildman–Crippen MR) is 196 cm³/mol. The minimum Gasteiger partial charge on any atom is -0.354 e. The van der Waals surface area contributed by atoms with Crippen molar-refractivity contribution in [2.45, 2.75) is 37.9 Å². The molecule has 49 heavy (non-hydrogen) atoms. The molecule has 7 heteroatoms. The van der Waals surface area contributed by atoms with Crippen molar-refractivity contribution in [3.05, 3.63) is 167 Å². The molecule has 250 valence electrons. The van der Waals surface area contributed by atoms with Gasteiger partial charge in [0.15, 0.2) is 0 Å². The summed E-state index contributed by atoms with van der Waals surface area (Å²) in [5.74, 6) is -0.863. The number of hydrogen-bond acceptors (Lipinski definition) is 4. The topological polar surface area (TPSA) is 95.7 Å². The van der Waals surface area contributed by atoms with Crippen molar-refractivity contribution in [3.63, 3.8) is 0 Å². The first-order chi connectivity index (χ1) is 23.8. The highest BCUT2D eigenvalue weighted by Crippen LogP contribution is 2.22. The first-order valence-corrected chi connectivity index (χ1v) is 16.7. The van der Waals surface area contributed by atoms with Crippen LogP contribution in [0.4, 0.5) is 0 Å². The van der Waals surface area contributed by atoms with E-state index in [0.29, 0.717) is 31.5 Å². The summed E-state index contributed by atoms with van der Waals surface area (Å²) in [5, 5.41) is 3.06. The lowest BCUT2D eigenvalue weighted by molar-refractivity contribution is -0.142. The lowest BCUT2D eigenvalue weighted by Gasteiger charge is -2.35. The van der Waals surface area contributed by atoms with Crippen molar-refractivity contribution in [2.24, 2.45) is 5.73 Å². The van der Waals surface area contributed by atoms with Crippen LogP contribution in [0.25, 0.3) is 11.1 Å². The van der Waals surface area contributed by atoms with E-state index >= 15 is 0 Å². The lowest BCUT2D eigenvalue weighted by Crippen LogP contribution is -2.56. The molecule has 0 radical (unpaired) electrons. The number of carbonyl (C=O) groups excluding carboxylic acids is 3. The number of benzene rings is 5. The molecule has 5 aromatic rings. The molecular weight excluding hydrogens is 608 g/mol. The van der Waals surface area contributed by atoms with E-state index < -0.39 is 12.1 Å². The lowest BCUT2D eigenvalue weighted by atomic mass is 9.97. The number of amides is 3. The van der Waals surface area contributed by atoms with Gasteiger partial charge in [-0.25, -0.2) is 0 Å². The molecule has 7 nitrogen and oxygen atoms in total. The molecule has 2 atom stereocenters. The van der Waals surface area contributed by atoms with Gasteiger partial charge in [0, 0.05) is 45.6 Å². The average Bonchev–Trinajstić information content (AvgIpc) is 3.16. The van der Waals surface area contributed by atoms with E-state index in [1.165, 1.54) is 9.80 Å². The molecule has 0 heterocycles. The Labute approximate surface area is 289 Å². The zero-order valence-electron chi connectivity index (χ0n) is 28.2. The van der Waals surface area contributed by atoms with Crippen molar-refractivity contribution in [1.29, 1.82) is 0 Å². The Morgan fingerprint density at radius 3 is 1.76 bits per heavy atom. The summed E-state index contributed by atoms with van der Waals surface area (Å²) < 4.78 is 0. The Balaban J connectivity index is 1.42. The van der Waals surface area contributed by atoms with Gasteiger partial charge in [0.25, 0.3) is 5.91 Å². The Hall–Kier alpha value is -5.53. The van der Waals surface area contributed by atoms with Gasteiger partial charge in [0.2, 0.25) is 11.8 Å². The van der Waals surface area contributed by atoms with Gasteiger partial charge in [-0.2, -0.15) is 0 Å². The number of likely N-dealkylation sites (N-methyl/N-ethyl adjacent to an activating group) is 2. The van der Waals surface area contributed by atoms with E-state index in [1.807, 2.05) is 109 Å². The zero-order valence-corrected chi connectivity index (χ0v) is 28.2. The number of hydrogen-bond donors (Lipinski definition) is 2. The van der Waals surface area contributed by atoms with E-state index in [0.717, 1.165) is 33.4 Å². The maximum absolute atomic E-state index is 14.6. The van der Waals surface area contributed by atoms with Crippen LogP contribution in [0.15, 0.2) is 140 Å². The molecule has 0 saturated carbocycles. The summed E-state index contributed by atoms with van der Waals surface area (Å²) in [6, 6.07) is 43.2. The highest BCUT2D eigenvalue weighted by molar-refractivity contribution is 5.98. The van der Waals surface area contributed by atoms with Gasteiger partial charge in [-0.05, 0) is 51.9 Å². The van der Waals surface area contributed by atoms with Crippen LogP contribution in [-0.2, 0) is 35.4 Å². The number of nitrogens with one attached hydrogen (secondary N) is 1. The zero-order chi connectivity index (χ0) is 34.6. The summed E-state index contributed by atoms with van der Waals surface area (Å²) in [7, 11) is 3.31. The molecule has 0 fully saturated rings. The minimum atomic E-state index is -0.878. The van der Waals surface area contributed by atoms with E-state index in [4.69, 9.17) is 5.73 Å². The molecule has 5 aromatic carbocycles. The first-order valence-electron chi connectivity index (χ1n) is 16.7. The molecule has 3 N–H and O–H groups in total. The smallest absolute Gasteiger partial charge is 0.254 e. The largest absolute Gasteiger partial charge is 0.354 e. The molecule has 0 bridgehead atoms. The van der Waals surface area contributed by atoms with Crippen LogP contribution in [0, 0.1) is 0 Å². The van der Waals surface area contributed by atoms with Crippen LogP contribution < -0.4 is 11.1 Å². The third-order valence-corrected chi connectivity index (χ3v) is 8.92. The highest BCUT2D eigenvalue weighted by Gasteiger charge is 2.35. The normalized spacial score (nSPS) is 12.1. The monoisotopic (exact) mass is 652 g/mol. The predicted octanol–water partition coefficient (Wildman–Crippen LogP) is 5.92. The third-order valence-electron chi connectivity index (χ3n) is 8.92. The van der Waals surface area contributed by atoms with Gasteiger partial charge in [-0.3, -0.25) is 14.4 Å². The number of nitrogens with zero attached hydrogens (tertiary/aromatic N) is 2. The second-order valence-electron chi connectivity index (χ2n) is 12.3. The molecule has 0 aromatic heterocycles. The minimum absolute atomic E-state index is 0.244. The van der Waals surface area contributed by atoms with E-state index in [2.05, 4.69) is 17.4 Å². The molecule has 3 amide bonds.